The van der Waals surface area contributed by atoms with E-state index in [1.54, 1.807) is 0 Å². The van der Waals surface area contributed by atoms with Gasteiger partial charge >= 0.3 is 0 Å². The van der Waals surface area contributed by atoms with Crippen molar-refractivity contribution < 1.29 is 4.74 Å². The summed E-state index contributed by atoms with van der Waals surface area (Å²) >= 11 is 9.80. The Morgan fingerprint density at radius 2 is 1.67 bits per heavy atom. The van der Waals surface area contributed by atoms with Crippen LogP contribution in [0.25, 0.3) is 0 Å². The first-order chi connectivity index (χ1) is 8.49. The van der Waals surface area contributed by atoms with Crippen molar-refractivity contribution in [2.45, 2.75) is 20.8 Å². The van der Waals surface area contributed by atoms with Gasteiger partial charge in [-0.25, -0.2) is 0 Å². The SMILES string of the molecule is Cc1ccc(Oc2c(C)ccc(C)c2Cl)c(Br)c1. The quantitative estimate of drug-likeness (QED) is 0.676. The van der Waals surface area contributed by atoms with Crippen molar-refractivity contribution >= 4 is 27.5 Å². The van der Waals surface area contributed by atoms with E-state index in [9.17, 15) is 0 Å². The fourth-order valence-corrected chi connectivity index (χ4v) is 2.50. The van der Waals surface area contributed by atoms with Gasteiger partial charge in [0.25, 0.3) is 0 Å². The molecule has 0 aliphatic carbocycles. The van der Waals surface area contributed by atoms with Crippen LogP contribution in [0.2, 0.25) is 5.02 Å². The van der Waals surface area contributed by atoms with E-state index < -0.39 is 0 Å². The number of hydrogen-bond acceptors (Lipinski definition) is 1. The van der Waals surface area contributed by atoms with Crippen LogP contribution < -0.4 is 4.74 Å². The van der Waals surface area contributed by atoms with E-state index in [1.807, 2.05) is 51.1 Å². The monoisotopic (exact) mass is 324 g/mol. The van der Waals surface area contributed by atoms with Crippen molar-refractivity contribution in [1.29, 1.82) is 0 Å². The number of hydrogen-bond donors (Lipinski definition) is 0. The van der Waals surface area contributed by atoms with E-state index in [4.69, 9.17) is 16.3 Å². The van der Waals surface area contributed by atoms with Crippen LogP contribution in [-0.2, 0) is 0 Å². The van der Waals surface area contributed by atoms with Gasteiger partial charge in [-0.2, -0.15) is 0 Å². The molecule has 0 N–H and O–H groups in total. The largest absolute Gasteiger partial charge is 0.454 e. The maximum atomic E-state index is 6.29. The molecule has 0 heterocycles. The lowest BCUT2D eigenvalue weighted by atomic mass is 10.1. The van der Waals surface area contributed by atoms with E-state index in [0.717, 1.165) is 27.1 Å². The van der Waals surface area contributed by atoms with Gasteiger partial charge in [0, 0.05) is 0 Å². The van der Waals surface area contributed by atoms with Crippen LogP contribution in [0, 0.1) is 20.8 Å². The Hall–Kier alpha value is -0.990. The topological polar surface area (TPSA) is 9.23 Å². The lowest BCUT2D eigenvalue weighted by molar-refractivity contribution is 0.475. The minimum atomic E-state index is 0.669. The first-order valence-electron chi connectivity index (χ1n) is 5.68. The Labute approximate surface area is 121 Å². The summed E-state index contributed by atoms with van der Waals surface area (Å²) in [6.07, 6.45) is 0. The van der Waals surface area contributed by atoms with Gasteiger partial charge in [0.15, 0.2) is 0 Å². The third-order valence-electron chi connectivity index (χ3n) is 2.79. The fraction of sp³-hybridized carbons (Fsp3) is 0.200. The molecule has 1 nitrogen and oxygen atoms in total. The Balaban J connectivity index is 2.43. The van der Waals surface area contributed by atoms with E-state index >= 15 is 0 Å². The number of halogens is 2. The summed E-state index contributed by atoms with van der Waals surface area (Å²) in [6.45, 7) is 6.00. The highest BCUT2D eigenvalue weighted by Gasteiger charge is 2.11. The van der Waals surface area contributed by atoms with Crippen LogP contribution >= 0.6 is 27.5 Å². The third-order valence-corrected chi connectivity index (χ3v) is 3.88. The standard InChI is InChI=1S/C15H14BrClO/c1-9-4-7-13(12(16)8-9)18-15-11(3)6-5-10(2)14(15)17/h4-8H,1-3H3. The lowest BCUT2D eigenvalue weighted by Gasteiger charge is -2.13. The van der Waals surface area contributed by atoms with Crippen LogP contribution in [0.4, 0.5) is 0 Å². The van der Waals surface area contributed by atoms with E-state index in [-0.39, 0.29) is 0 Å². The normalized spacial score (nSPS) is 10.5. The average Bonchev–Trinajstić information content (AvgIpc) is 2.32. The zero-order valence-electron chi connectivity index (χ0n) is 10.6. The van der Waals surface area contributed by atoms with Crippen LogP contribution in [0.5, 0.6) is 11.5 Å². The summed E-state index contributed by atoms with van der Waals surface area (Å²) in [5.41, 5.74) is 3.22. The van der Waals surface area contributed by atoms with Gasteiger partial charge in [0.1, 0.15) is 11.5 Å². The van der Waals surface area contributed by atoms with E-state index in [2.05, 4.69) is 15.9 Å². The highest BCUT2D eigenvalue weighted by Crippen LogP contribution is 2.37. The molecule has 0 unspecified atom stereocenters. The Morgan fingerprint density at radius 1 is 1.00 bits per heavy atom. The van der Waals surface area contributed by atoms with Gasteiger partial charge in [-0.15, -0.1) is 0 Å². The molecular formula is C15H14BrClO. The van der Waals surface area contributed by atoms with E-state index in [1.165, 1.54) is 5.56 Å². The summed E-state index contributed by atoms with van der Waals surface area (Å²) in [7, 11) is 0. The zero-order chi connectivity index (χ0) is 13.3. The summed E-state index contributed by atoms with van der Waals surface area (Å²) in [6, 6.07) is 9.98. The molecule has 2 rings (SSSR count). The average molecular weight is 326 g/mol. The van der Waals surface area contributed by atoms with Crippen molar-refractivity contribution in [1.82, 2.24) is 0 Å². The molecule has 2 aromatic rings. The van der Waals surface area contributed by atoms with Gasteiger partial charge in [0.05, 0.1) is 9.50 Å². The van der Waals surface area contributed by atoms with Crippen LogP contribution in [0.1, 0.15) is 16.7 Å². The molecular weight excluding hydrogens is 312 g/mol. The molecule has 0 aliphatic heterocycles. The molecule has 2 aromatic carbocycles. The number of ether oxygens (including phenoxy) is 1. The highest BCUT2D eigenvalue weighted by atomic mass is 79.9. The predicted octanol–water partition coefficient (Wildman–Crippen LogP) is 5.82. The van der Waals surface area contributed by atoms with Gasteiger partial charge in [0.2, 0.25) is 0 Å². The molecule has 0 spiro atoms. The first-order valence-corrected chi connectivity index (χ1v) is 6.86. The number of aryl methyl sites for hydroxylation is 3. The minimum Gasteiger partial charge on any atom is -0.454 e. The Kier molecular flexibility index (Phi) is 3.98. The van der Waals surface area contributed by atoms with Gasteiger partial charge < -0.3 is 4.74 Å². The van der Waals surface area contributed by atoms with Crippen molar-refractivity contribution in [3.8, 4) is 11.5 Å². The van der Waals surface area contributed by atoms with E-state index in [0.29, 0.717) is 5.02 Å². The number of rotatable bonds is 2. The molecule has 18 heavy (non-hydrogen) atoms. The summed E-state index contributed by atoms with van der Waals surface area (Å²) in [5, 5.41) is 0.669. The molecule has 0 aromatic heterocycles. The van der Waals surface area contributed by atoms with Gasteiger partial charge in [-0.1, -0.05) is 29.8 Å². The summed E-state index contributed by atoms with van der Waals surface area (Å²) in [5.74, 6) is 1.50. The molecule has 0 amide bonds. The third kappa shape index (κ3) is 2.70. The van der Waals surface area contributed by atoms with Crippen LogP contribution in [0.3, 0.4) is 0 Å². The fourth-order valence-electron chi connectivity index (χ4n) is 1.67. The second kappa shape index (κ2) is 5.33. The molecule has 0 saturated carbocycles. The molecule has 0 radical (unpaired) electrons. The summed E-state index contributed by atoms with van der Waals surface area (Å²) in [4.78, 5) is 0. The summed E-state index contributed by atoms with van der Waals surface area (Å²) < 4.78 is 6.86. The molecule has 0 saturated heterocycles. The van der Waals surface area contributed by atoms with Crippen molar-refractivity contribution in [2.24, 2.45) is 0 Å². The molecule has 0 fully saturated rings. The molecule has 3 heteroatoms. The maximum absolute atomic E-state index is 6.29. The molecule has 0 bridgehead atoms. The van der Waals surface area contributed by atoms with Crippen molar-refractivity contribution in [2.75, 3.05) is 0 Å². The minimum absolute atomic E-state index is 0.669. The second-order valence-corrected chi connectivity index (χ2v) is 5.61. The smallest absolute Gasteiger partial charge is 0.149 e. The first kappa shape index (κ1) is 13.4. The predicted molar refractivity (Wildman–Crippen MR) is 79.9 cm³/mol. The Bertz CT molecular complexity index is 593. The molecule has 94 valence electrons. The maximum Gasteiger partial charge on any atom is 0.149 e. The van der Waals surface area contributed by atoms with Gasteiger partial charge in [-0.3, -0.25) is 0 Å². The van der Waals surface area contributed by atoms with Crippen LogP contribution in [-0.4, -0.2) is 0 Å². The molecule has 0 atom stereocenters. The van der Waals surface area contributed by atoms with Crippen LogP contribution in [0.15, 0.2) is 34.8 Å². The number of benzene rings is 2. The lowest BCUT2D eigenvalue weighted by Crippen LogP contribution is -1.92. The molecule has 0 aliphatic rings. The zero-order valence-corrected chi connectivity index (χ0v) is 12.9. The second-order valence-electron chi connectivity index (χ2n) is 4.38. The highest BCUT2D eigenvalue weighted by molar-refractivity contribution is 9.10. The Morgan fingerprint density at radius 3 is 2.33 bits per heavy atom. The van der Waals surface area contributed by atoms with Crippen molar-refractivity contribution in [3.63, 3.8) is 0 Å². The van der Waals surface area contributed by atoms with Gasteiger partial charge in [-0.05, 0) is 65.5 Å². The van der Waals surface area contributed by atoms with Crippen molar-refractivity contribution in [3.05, 3.63) is 56.5 Å².